The molecule has 0 amide bonds. The molecule has 0 atom stereocenters. The third-order valence-electron chi connectivity index (χ3n) is 4.58. The van der Waals surface area contributed by atoms with Crippen LogP contribution in [0.25, 0.3) is 44.5 Å². The highest BCUT2D eigenvalue weighted by molar-refractivity contribution is 6.37. The van der Waals surface area contributed by atoms with Gasteiger partial charge >= 0.3 is 0 Å². The van der Waals surface area contributed by atoms with Crippen molar-refractivity contribution in [3.05, 3.63) is 90.0 Å². The average Bonchev–Trinajstić information content (AvgIpc) is 3.13. The summed E-state index contributed by atoms with van der Waals surface area (Å²) in [4.78, 5) is 4.65. The minimum atomic E-state index is 0.604. The molecule has 1 aromatic heterocycles. The second kappa shape index (κ2) is 6.01. The van der Waals surface area contributed by atoms with Gasteiger partial charge in [0.15, 0.2) is 5.58 Å². The summed E-state index contributed by atoms with van der Waals surface area (Å²) >= 11 is 6.40. The van der Waals surface area contributed by atoms with Gasteiger partial charge in [-0.15, -0.1) is 0 Å². The average molecular weight is 356 g/mol. The van der Waals surface area contributed by atoms with Crippen LogP contribution in [0, 0.1) is 0 Å². The number of rotatable bonds is 2. The van der Waals surface area contributed by atoms with Gasteiger partial charge in [-0.2, -0.15) is 0 Å². The Bertz CT molecular complexity index is 1220. The summed E-state index contributed by atoms with van der Waals surface area (Å²) in [6.07, 6.45) is 0. The van der Waals surface area contributed by atoms with E-state index in [2.05, 4.69) is 29.2 Å². The van der Waals surface area contributed by atoms with Gasteiger partial charge in [-0.25, -0.2) is 4.98 Å². The van der Waals surface area contributed by atoms with Gasteiger partial charge in [-0.3, -0.25) is 0 Å². The molecule has 0 saturated heterocycles. The molecule has 0 saturated carbocycles. The summed E-state index contributed by atoms with van der Waals surface area (Å²) in [5, 5.41) is 2.64. The third kappa shape index (κ3) is 2.47. The predicted molar refractivity (Wildman–Crippen MR) is 107 cm³/mol. The lowest BCUT2D eigenvalue weighted by molar-refractivity contribution is 0.623. The van der Waals surface area contributed by atoms with Crippen molar-refractivity contribution in [3.8, 4) is 22.6 Å². The number of oxazole rings is 1. The molecule has 5 rings (SSSR count). The maximum absolute atomic E-state index is 6.40. The van der Waals surface area contributed by atoms with E-state index in [9.17, 15) is 0 Å². The van der Waals surface area contributed by atoms with E-state index >= 15 is 0 Å². The molecule has 2 nitrogen and oxygen atoms in total. The first-order chi connectivity index (χ1) is 12.8. The number of aromatic nitrogens is 1. The fraction of sp³-hybridized carbons (Fsp3) is 0. The molecule has 124 valence electrons. The fourth-order valence-corrected chi connectivity index (χ4v) is 3.54. The van der Waals surface area contributed by atoms with Crippen LogP contribution in [-0.4, -0.2) is 4.98 Å². The first-order valence-electron chi connectivity index (χ1n) is 8.43. The summed E-state index contributed by atoms with van der Waals surface area (Å²) in [7, 11) is 0. The summed E-state index contributed by atoms with van der Waals surface area (Å²) in [5.41, 5.74) is 4.84. The Morgan fingerprint density at radius 2 is 1.27 bits per heavy atom. The Hall–Kier alpha value is -3.10. The van der Waals surface area contributed by atoms with Gasteiger partial charge in [0.25, 0.3) is 0 Å². The van der Waals surface area contributed by atoms with E-state index in [4.69, 9.17) is 16.0 Å². The van der Waals surface area contributed by atoms with E-state index in [0.717, 1.165) is 27.4 Å². The Morgan fingerprint density at radius 3 is 2.04 bits per heavy atom. The first kappa shape index (κ1) is 15.2. The Balaban J connectivity index is 1.62. The van der Waals surface area contributed by atoms with Gasteiger partial charge in [-0.1, -0.05) is 78.3 Å². The van der Waals surface area contributed by atoms with Gasteiger partial charge < -0.3 is 4.42 Å². The van der Waals surface area contributed by atoms with Crippen LogP contribution in [0.5, 0.6) is 0 Å². The molecule has 26 heavy (non-hydrogen) atoms. The quantitative estimate of drug-likeness (QED) is 0.342. The molecule has 4 aromatic carbocycles. The highest BCUT2D eigenvalue weighted by Crippen LogP contribution is 2.34. The lowest BCUT2D eigenvalue weighted by Crippen LogP contribution is -1.80. The van der Waals surface area contributed by atoms with Gasteiger partial charge in [0, 0.05) is 16.3 Å². The Morgan fingerprint density at radius 1 is 0.654 bits per heavy atom. The van der Waals surface area contributed by atoms with Gasteiger partial charge in [0.05, 0.1) is 5.02 Å². The smallest absolute Gasteiger partial charge is 0.227 e. The van der Waals surface area contributed by atoms with Crippen molar-refractivity contribution in [1.29, 1.82) is 0 Å². The van der Waals surface area contributed by atoms with Crippen molar-refractivity contribution in [2.75, 3.05) is 0 Å². The topological polar surface area (TPSA) is 26.0 Å². The van der Waals surface area contributed by atoms with Crippen molar-refractivity contribution in [2.45, 2.75) is 0 Å². The maximum atomic E-state index is 6.40. The highest BCUT2D eigenvalue weighted by atomic mass is 35.5. The van der Waals surface area contributed by atoms with Crippen LogP contribution >= 0.6 is 11.6 Å². The molecule has 1 heterocycles. The zero-order chi connectivity index (χ0) is 17.5. The molecule has 3 heteroatoms. The van der Waals surface area contributed by atoms with Crippen LogP contribution in [0.3, 0.4) is 0 Å². The zero-order valence-electron chi connectivity index (χ0n) is 13.8. The van der Waals surface area contributed by atoms with E-state index in [-0.39, 0.29) is 0 Å². The van der Waals surface area contributed by atoms with E-state index in [0.29, 0.717) is 10.9 Å². The largest absolute Gasteiger partial charge is 0.435 e. The van der Waals surface area contributed by atoms with Crippen LogP contribution in [0.1, 0.15) is 0 Å². The van der Waals surface area contributed by atoms with Crippen molar-refractivity contribution in [3.63, 3.8) is 0 Å². The summed E-state index contributed by atoms with van der Waals surface area (Å²) < 4.78 is 6.10. The highest BCUT2D eigenvalue weighted by Gasteiger charge is 2.13. The molecule has 0 aliphatic carbocycles. The SMILES string of the molecule is Clc1cc2nc(-c3ccc(-c4ccccc4)cc3)oc2c2ccccc12. The van der Waals surface area contributed by atoms with Crippen LogP contribution < -0.4 is 0 Å². The van der Waals surface area contributed by atoms with E-state index in [1.54, 1.807) is 0 Å². The molecule has 5 aromatic rings. The minimum Gasteiger partial charge on any atom is -0.435 e. The normalized spacial score (nSPS) is 11.3. The molecule has 0 bridgehead atoms. The Kier molecular flexibility index (Phi) is 3.51. The monoisotopic (exact) mass is 355 g/mol. The van der Waals surface area contributed by atoms with Crippen LogP contribution in [0.15, 0.2) is 89.3 Å². The number of fused-ring (bicyclic) bond motifs is 3. The number of benzene rings is 4. The fourth-order valence-electron chi connectivity index (χ4n) is 3.27. The molecule has 0 aliphatic heterocycles. The van der Waals surface area contributed by atoms with Crippen molar-refractivity contribution in [2.24, 2.45) is 0 Å². The molecule has 0 spiro atoms. The predicted octanol–water partition coefficient (Wildman–Crippen LogP) is 6.97. The van der Waals surface area contributed by atoms with E-state index < -0.39 is 0 Å². The van der Waals surface area contributed by atoms with E-state index in [1.807, 2.05) is 60.7 Å². The van der Waals surface area contributed by atoms with Crippen molar-refractivity contribution >= 4 is 33.5 Å². The van der Waals surface area contributed by atoms with Crippen LogP contribution in [0.4, 0.5) is 0 Å². The molecule has 0 N–H and O–H groups in total. The molecule has 0 unspecified atom stereocenters. The summed E-state index contributed by atoms with van der Waals surface area (Å²) in [6.45, 7) is 0. The molecular formula is C23H14ClNO. The maximum Gasteiger partial charge on any atom is 0.227 e. The van der Waals surface area contributed by atoms with Crippen molar-refractivity contribution in [1.82, 2.24) is 4.98 Å². The number of nitrogens with zero attached hydrogens (tertiary/aromatic N) is 1. The van der Waals surface area contributed by atoms with Crippen molar-refractivity contribution < 1.29 is 4.42 Å². The minimum absolute atomic E-state index is 0.604. The van der Waals surface area contributed by atoms with Crippen LogP contribution in [0.2, 0.25) is 5.02 Å². The number of hydrogen-bond donors (Lipinski definition) is 0. The number of halogens is 1. The first-order valence-corrected chi connectivity index (χ1v) is 8.81. The van der Waals surface area contributed by atoms with Gasteiger partial charge in [-0.05, 0) is 29.3 Å². The lowest BCUT2D eigenvalue weighted by Gasteiger charge is -2.02. The second-order valence-corrected chi connectivity index (χ2v) is 6.62. The standard InChI is InChI=1S/C23H14ClNO/c24-20-14-21-22(19-9-5-4-8-18(19)20)26-23(25-21)17-12-10-16(11-13-17)15-6-2-1-3-7-15/h1-14H. The molecule has 0 radical (unpaired) electrons. The van der Waals surface area contributed by atoms with Gasteiger partial charge in [0.2, 0.25) is 5.89 Å². The van der Waals surface area contributed by atoms with Gasteiger partial charge in [0.1, 0.15) is 5.52 Å². The molecule has 0 fully saturated rings. The summed E-state index contributed by atoms with van der Waals surface area (Å²) in [6, 6.07) is 28.4. The molecular weight excluding hydrogens is 342 g/mol. The Labute approximate surface area is 155 Å². The van der Waals surface area contributed by atoms with E-state index in [1.165, 1.54) is 11.1 Å². The van der Waals surface area contributed by atoms with Crippen LogP contribution in [-0.2, 0) is 0 Å². The third-order valence-corrected chi connectivity index (χ3v) is 4.90. The zero-order valence-corrected chi connectivity index (χ0v) is 14.6. The lowest BCUT2D eigenvalue weighted by atomic mass is 10.0. The molecule has 0 aliphatic rings. The summed E-state index contributed by atoms with van der Waals surface area (Å²) in [5.74, 6) is 0.604. The second-order valence-electron chi connectivity index (χ2n) is 6.21. The number of hydrogen-bond acceptors (Lipinski definition) is 2.